The predicted octanol–water partition coefficient (Wildman–Crippen LogP) is 3.44. The van der Waals surface area contributed by atoms with Gasteiger partial charge in [0.05, 0.1) is 12.0 Å². The monoisotopic (exact) mass is 388 g/mol. The normalized spacial score (nSPS) is 21.9. The van der Waals surface area contributed by atoms with E-state index in [0.29, 0.717) is 11.4 Å². The number of amides is 3. The van der Waals surface area contributed by atoms with Crippen LogP contribution in [0.1, 0.15) is 37.3 Å². The van der Waals surface area contributed by atoms with Gasteiger partial charge in [-0.1, -0.05) is 6.07 Å². The van der Waals surface area contributed by atoms with Crippen LogP contribution >= 0.6 is 11.8 Å². The molecule has 3 amide bonds. The lowest BCUT2D eigenvalue weighted by Crippen LogP contribution is -2.47. The van der Waals surface area contributed by atoms with E-state index in [4.69, 9.17) is 4.74 Å². The molecule has 1 aromatic carbocycles. The molecule has 2 heterocycles. The highest BCUT2D eigenvalue weighted by Gasteiger charge is 2.37. The lowest BCUT2D eigenvalue weighted by atomic mass is 10.0. The van der Waals surface area contributed by atoms with Gasteiger partial charge < -0.3 is 9.64 Å². The van der Waals surface area contributed by atoms with Gasteiger partial charge in [0.25, 0.3) is 11.1 Å². The van der Waals surface area contributed by atoms with E-state index in [1.807, 2.05) is 32.0 Å². The first-order chi connectivity index (χ1) is 12.9. The van der Waals surface area contributed by atoms with Crippen molar-refractivity contribution >= 4 is 34.9 Å². The van der Waals surface area contributed by atoms with Crippen LogP contribution in [0, 0.1) is 6.92 Å². The van der Waals surface area contributed by atoms with Crippen LogP contribution in [0.15, 0.2) is 23.1 Å². The molecule has 0 N–H and O–H groups in total. The Balaban J connectivity index is 1.73. The number of hydrogen-bond acceptors (Lipinski definition) is 5. The summed E-state index contributed by atoms with van der Waals surface area (Å²) in [4.78, 5) is 40.7. The molecular weight excluding hydrogens is 364 g/mol. The molecule has 2 fully saturated rings. The first-order valence-electron chi connectivity index (χ1n) is 9.10. The lowest BCUT2D eigenvalue weighted by molar-refractivity contribution is -0.138. The Morgan fingerprint density at radius 3 is 2.78 bits per heavy atom. The number of likely N-dealkylation sites (tertiary alicyclic amines) is 1. The Morgan fingerprint density at radius 2 is 2.11 bits per heavy atom. The van der Waals surface area contributed by atoms with E-state index in [2.05, 4.69) is 0 Å². The van der Waals surface area contributed by atoms with Crippen molar-refractivity contribution in [2.45, 2.75) is 39.2 Å². The third-order valence-corrected chi connectivity index (χ3v) is 5.91. The highest BCUT2D eigenvalue weighted by atomic mass is 32.2. The van der Waals surface area contributed by atoms with Crippen molar-refractivity contribution in [1.82, 2.24) is 9.80 Å². The second kappa shape index (κ2) is 8.17. The first kappa shape index (κ1) is 19.5. The van der Waals surface area contributed by atoms with Gasteiger partial charge in [0.2, 0.25) is 5.91 Å². The highest BCUT2D eigenvalue weighted by Crippen LogP contribution is 2.33. The van der Waals surface area contributed by atoms with E-state index in [9.17, 15) is 14.4 Å². The smallest absolute Gasteiger partial charge is 0.294 e. The van der Waals surface area contributed by atoms with Crippen molar-refractivity contribution in [2.75, 3.05) is 20.2 Å². The topological polar surface area (TPSA) is 66.9 Å². The standard InChI is InChI=1S/C20H24N2O4S/c1-13-10-15(7-8-16(13)26-3)11-17-19(24)22(20(25)27-17)12-18(23)21-9-5-4-6-14(21)2/h7-8,10-11,14H,4-6,9,12H2,1-3H3/b17-11-/t14-/m1/s1. The summed E-state index contributed by atoms with van der Waals surface area (Å²) in [5.41, 5.74) is 1.76. The van der Waals surface area contributed by atoms with Crippen LogP contribution in [0.5, 0.6) is 5.75 Å². The molecule has 0 aromatic heterocycles. The van der Waals surface area contributed by atoms with Gasteiger partial charge in [-0.15, -0.1) is 0 Å². The van der Waals surface area contributed by atoms with E-state index >= 15 is 0 Å². The number of aryl methyl sites for hydroxylation is 1. The molecule has 0 bridgehead atoms. The first-order valence-corrected chi connectivity index (χ1v) is 9.92. The quantitative estimate of drug-likeness (QED) is 0.739. The van der Waals surface area contributed by atoms with Gasteiger partial charge >= 0.3 is 0 Å². The maximum Gasteiger partial charge on any atom is 0.294 e. The van der Waals surface area contributed by atoms with E-state index in [0.717, 1.165) is 52.8 Å². The number of thioether (sulfide) groups is 1. The average molecular weight is 388 g/mol. The Labute approximate surface area is 163 Å². The van der Waals surface area contributed by atoms with E-state index in [-0.39, 0.29) is 18.5 Å². The second-order valence-electron chi connectivity index (χ2n) is 6.93. The van der Waals surface area contributed by atoms with Crippen LogP contribution < -0.4 is 4.74 Å². The van der Waals surface area contributed by atoms with Crippen molar-refractivity contribution in [3.05, 3.63) is 34.2 Å². The van der Waals surface area contributed by atoms with Crippen LogP contribution in [-0.2, 0) is 9.59 Å². The van der Waals surface area contributed by atoms with Crippen LogP contribution in [0.4, 0.5) is 4.79 Å². The van der Waals surface area contributed by atoms with Gasteiger partial charge in [-0.3, -0.25) is 19.3 Å². The number of benzene rings is 1. The molecule has 144 valence electrons. The number of methoxy groups -OCH3 is 1. The fourth-order valence-electron chi connectivity index (χ4n) is 3.47. The molecule has 27 heavy (non-hydrogen) atoms. The largest absolute Gasteiger partial charge is 0.496 e. The molecular formula is C20H24N2O4S. The van der Waals surface area contributed by atoms with E-state index in [1.54, 1.807) is 18.1 Å². The number of ether oxygens (including phenoxy) is 1. The third-order valence-electron chi connectivity index (χ3n) is 5.01. The molecule has 0 spiro atoms. The summed E-state index contributed by atoms with van der Waals surface area (Å²) in [7, 11) is 1.60. The lowest BCUT2D eigenvalue weighted by Gasteiger charge is -2.34. The van der Waals surface area contributed by atoms with Gasteiger partial charge in [0.1, 0.15) is 12.3 Å². The summed E-state index contributed by atoms with van der Waals surface area (Å²) < 4.78 is 5.24. The fourth-order valence-corrected chi connectivity index (χ4v) is 4.31. The summed E-state index contributed by atoms with van der Waals surface area (Å²) in [5.74, 6) is 0.198. The molecule has 0 unspecified atom stereocenters. The van der Waals surface area contributed by atoms with E-state index in [1.165, 1.54) is 0 Å². The van der Waals surface area contributed by atoms with Crippen molar-refractivity contribution < 1.29 is 19.1 Å². The number of carbonyl (C=O) groups is 3. The molecule has 2 saturated heterocycles. The molecule has 7 heteroatoms. The number of piperidine rings is 1. The van der Waals surface area contributed by atoms with E-state index < -0.39 is 11.1 Å². The summed E-state index contributed by atoms with van der Waals surface area (Å²) in [5, 5.41) is -0.394. The Hall–Kier alpha value is -2.28. The number of imide groups is 1. The minimum Gasteiger partial charge on any atom is -0.496 e. The van der Waals surface area contributed by atoms with Gasteiger partial charge in [-0.2, -0.15) is 0 Å². The molecule has 2 aliphatic rings. The molecule has 3 rings (SSSR count). The fraction of sp³-hybridized carbons (Fsp3) is 0.450. The van der Waals surface area contributed by atoms with Crippen molar-refractivity contribution in [1.29, 1.82) is 0 Å². The highest BCUT2D eigenvalue weighted by molar-refractivity contribution is 8.18. The minimum absolute atomic E-state index is 0.156. The second-order valence-corrected chi connectivity index (χ2v) is 7.92. The number of hydrogen-bond donors (Lipinski definition) is 0. The summed E-state index contributed by atoms with van der Waals surface area (Å²) >= 11 is 0.878. The Kier molecular flexibility index (Phi) is 5.89. The predicted molar refractivity (Wildman–Crippen MR) is 105 cm³/mol. The van der Waals surface area contributed by atoms with Gasteiger partial charge in [0, 0.05) is 12.6 Å². The molecule has 1 atom stereocenters. The maximum absolute atomic E-state index is 12.6. The summed E-state index contributed by atoms with van der Waals surface area (Å²) in [6, 6.07) is 5.71. The van der Waals surface area contributed by atoms with Crippen molar-refractivity contribution in [2.24, 2.45) is 0 Å². The van der Waals surface area contributed by atoms with Gasteiger partial charge in [-0.05, 0) is 74.2 Å². The zero-order valence-electron chi connectivity index (χ0n) is 15.9. The van der Waals surface area contributed by atoms with Crippen molar-refractivity contribution in [3.63, 3.8) is 0 Å². The van der Waals surface area contributed by atoms with Gasteiger partial charge in [0.15, 0.2) is 0 Å². The summed E-state index contributed by atoms with van der Waals surface area (Å²) in [6.07, 6.45) is 4.72. The molecule has 2 aliphatic heterocycles. The van der Waals surface area contributed by atoms with Crippen LogP contribution in [0.2, 0.25) is 0 Å². The maximum atomic E-state index is 12.6. The third kappa shape index (κ3) is 4.18. The number of carbonyl (C=O) groups excluding carboxylic acids is 3. The number of nitrogens with zero attached hydrogens (tertiary/aromatic N) is 2. The zero-order valence-corrected chi connectivity index (χ0v) is 16.7. The molecule has 1 aromatic rings. The molecule has 0 aliphatic carbocycles. The summed E-state index contributed by atoms with van der Waals surface area (Å²) in [6.45, 7) is 4.43. The number of rotatable bonds is 4. The Morgan fingerprint density at radius 1 is 1.33 bits per heavy atom. The van der Waals surface area contributed by atoms with Crippen molar-refractivity contribution in [3.8, 4) is 5.75 Å². The van der Waals surface area contributed by atoms with Crippen LogP contribution in [-0.4, -0.2) is 53.1 Å². The average Bonchev–Trinajstić information content (AvgIpc) is 2.89. The Bertz CT molecular complexity index is 805. The SMILES string of the molecule is COc1ccc(/C=C2\SC(=O)N(CC(=O)N3CCCC[C@H]3C)C2=O)cc1C. The van der Waals surface area contributed by atoms with Gasteiger partial charge in [-0.25, -0.2) is 0 Å². The molecule has 0 saturated carbocycles. The minimum atomic E-state index is -0.406. The van der Waals surface area contributed by atoms with Crippen LogP contribution in [0.25, 0.3) is 6.08 Å². The van der Waals surface area contributed by atoms with Crippen LogP contribution in [0.3, 0.4) is 0 Å². The molecule has 6 nitrogen and oxygen atoms in total. The molecule has 0 radical (unpaired) electrons. The zero-order chi connectivity index (χ0) is 19.6.